The summed E-state index contributed by atoms with van der Waals surface area (Å²) >= 11 is 0. The van der Waals surface area contributed by atoms with E-state index in [1.165, 1.54) is 0 Å². The number of aliphatic hydroxyl groups is 1. The van der Waals surface area contributed by atoms with Crippen LogP contribution in [0.1, 0.15) is 6.42 Å². The molecule has 0 aromatic heterocycles. The van der Waals surface area contributed by atoms with E-state index in [4.69, 9.17) is 4.74 Å². The molecule has 0 amide bonds. The number of benzene rings is 1. The summed E-state index contributed by atoms with van der Waals surface area (Å²) in [4.78, 5) is -1.04. The summed E-state index contributed by atoms with van der Waals surface area (Å²) in [5.41, 5.74) is -1.34. The Kier molecular flexibility index (Phi) is 3.86. The SMILES string of the molecule is O=S(=O)(NC[C@@]1(O)CCOC1)c1c(F)cccc1F. The Balaban J connectivity index is 2.19. The van der Waals surface area contributed by atoms with E-state index in [9.17, 15) is 22.3 Å². The minimum atomic E-state index is -4.36. The number of halogens is 2. The van der Waals surface area contributed by atoms with Crippen LogP contribution < -0.4 is 4.72 Å². The lowest BCUT2D eigenvalue weighted by molar-refractivity contribution is 0.0314. The summed E-state index contributed by atoms with van der Waals surface area (Å²) < 4.78 is 57.4. The molecule has 1 aliphatic rings. The average molecular weight is 293 g/mol. The second kappa shape index (κ2) is 5.12. The maximum atomic E-state index is 13.4. The van der Waals surface area contributed by atoms with Gasteiger partial charge >= 0.3 is 0 Å². The first-order valence-corrected chi connectivity index (χ1v) is 7.06. The monoisotopic (exact) mass is 293 g/mol. The lowest BCUT2D eigenvalue weighted by Gasteiger charge is -2.20. The first-order chi connectivity index (χ1) is 8.84. The first kappa shape index (κ1) is 14.3. The highest BCUT2D eigenvalue weighted by Gasteiger charge is 2.34. The maximum Gasteiger partial charge on any atom is 0.246 e. The molecule has 19 heavy (non-hydrogen) atoms. The molecule has 1 aromatic rings. The Labute approximate surface area is 109 Å². The van der Waals surface area contributed by atoms with Crippen molar-refractivity contribution in [3.63, 3.8) is 0 Å². The van der Waals surface area contributed by atoms with Crippen molar-refractivity contribution in [3.05, 3.63) is 29.8 Å². The Hall–Kier alpha value is -1.09. The van der Waals surface area contributed by atoms with Crippen LogP contribution in [-0.2, 0) is 14.8 Å². The zero-order valence-corrected chi connectivity index (χ0v) is 10.7. The van der Waals surface area contributed by atoms with Crippen molar-refractivity contribution < 1.29 is 27.0 Å². The van der Waals surface area contributed by atoms with E-state index in [0.717, 1.165) is 18.2 Å². The number of ether oxygens (including phenoxy) is 1. The lowest BCUT2D eigenvalue weighted by atomic mass is 10.1. The smallest absolute Gasteiger partial charge is 0.246 e. The molecule has 0 saturated carbocycles. The summed E-state index contributed by atoms with van der Waals surface area (Å²) in [5, 5.41) is 9.90. The predicted octanol–water partition coefficient (Wildman–Crippen LogP) is 0.394. The standard InChI is InChI=1S/C11H13F2NO4S/c12-8-2-1-3-9(13)10(8)19(16,17)14-6-11(15)4-5-18-7-11/h1-3,14-15H,4-7H2/t11-/m0/s1. The molecule has 1 aliphatic heterocycles. The molecule has 5 nitrogen and oxygen atoms in total. The van der Waals surface area contributed by atoms with Crippen molar-refractivity contribution in [2.24, 2.45) is 0 Å². The third-order valence-corrected chi connectivity index (χ3v) is 4.31. The Morgan fingerprint density at radius 2 is 2.00 bits per heavy atom. The third-order valence-electron chi connectivity index (χ3n) is 2.86. The van der Waals surface area contributed by atoms with Gasteiger partial charge in [0.25, 0.3) is 0 Å². The van der Waals surface area contributed by atoms with E-state index in [2.05, 4.69) is 0 Å². The third kappa shape index (κ3) is 3.08. The van der Waals surface area contributed by atoms with Gasteiger partial charge in [0.15, 0.2) is 4.90 Å². The molecule has 0 radical (unpaired) electrons. The number of hydrogen-bond acceptors (Lipinski definition) is 4. The fraction of sp³-hybridized carbons (Fsp3) is 0.455. The molecule has 0 bridgehead atoms. The van der Waals surface area contributed by atoms with Crippen molar-refractivity contribution in [1.29, 1.82) is 0 Å². The minimum Gasteiger partial charge on any atom is -0.386 e. The number of sulfonamides is 1. The van der Waals surface area contributed by atoms with Gasteiger partial charge in [0.2, 0.25) is 10.0 Å². The zero-order valence-electron chi connectivity index (χ0n) is 9.90. The molecular formula is C11H13F2NO4S. The lowest BCUT2D eigenvalue weighted by Crippen LogP contribution is -2.43. The van der Waals surface area contributed by atoms with E-state index in [1.54, 1.807) is 0 Å². The summed E-state index contributed by atoms with van der Waals surface area (Å²) in [7, 11) is -4.36. The fourth-order valence-corrected chi connectivity index (χ4v) is 3.03. The van der Waals surface area contributed by atoms with Crippen LogP contribution in [0.4, 0.5) is 8.78 Å². The highest BCUT2D eigenvalue weighted by molar-refractivity contribution is 7.89. The van der Waals surface area contributed by atoms with Crippen LogP contribution in [0.15, 0.2) is 23.1 Å². The van der Waals surface area contributed by atoms with E-state index in [1.807, 2.05) is 4.72 Å². The molecule has 0 spiro atoms. The van der Waals surface area contributed by atoms with Crippen molar-refractivity contribution >= 4 is 10.0 Å². The normalized spacial score (nSPS) is 23.7. The van der Waals surface area contributed by atoms with Gasteiger partial charge in [-0.1, -0.05) is 6.07 Å². The van der Waals surface area contributed by atoms with Gasteiger partial charge < -0.3 is 9.84 Å². The molecule has 1 saturated heterocycles. The van der Waals surface area contributed by atoms with E-state index in [-0.39, 0.29) is 19.6 Å². The van der Waals surface area contributed by atoms with E-state index >= 15 is 0 Å². The largest absolute Gasteiger partial charge is 0.386 e. The van der Waals surface area contributed by atoms with Gasteiger partial charge in [0.05, 0.1) is 6.61 Å². The molecule has 1 aromatic carbocycles. The van der Waals surface area contributed by atoms with E-state index in [0.29, 0.717) is 6.61 Å². The summed E-state index contributed by atoms with van der Waals surface area (Å²) in [6, 6.07) is 2.78. The highest BCUT2D eigenvalue weighted by Crippen LogP contribution is 2.21. The molecule has 1 fully saturated rings. The molecule has 8 heteroatoms. The minimum absolute atomic E-state index is 0.0186. The predicted molar refractivity (Wildman–Crippen MR) is 61.9 cm³/mol. The van der Waals surface area contributed by atoms with Gasteiger partial charge in [-0.3, -0.25) is 0 Å². The Morgan fingerprint density at radius 3 is 2.53 bits per heavy atom. The number of nitrogens with one attached hydrogen (secondary N) is 1. The van der Waals surface area contributed by atoms with Gasteiger partial charge in [0, 0.05) is 19.6 Å². The summed E-state index contributed by atoms with van der Waals surface area (Å²) in [5.74, 6) is -2.36. The Morgan fingerprint density at radius 1 is 1.37 bits per heavy atom. The highest BCUT2D eigenvalue weighted by atomic mass is 32.2. The molecule has 2 N–H and O–H groups in total. The van der Waals surface area contributed by atoms with Crippen LogP contribution in [-0.4, -0.2) is 38.9 Å². The maximum absolute atomic E-state index is 13.4. The van der Waals surface area contributed by atoms with Crippen molar-refractivity contribution in [2.75, 3.05) is 19.8 Å². The number of hydrogen-bond donors (Lipinski definition) is 2. The van der Waals surface area contributed by atoms with Crippen LogP contribution >= 0.6 is 0 Å². The van der Waals surface area contributed by atoms with Crippen molar-refractivity contribution in [1.82, 2.24) is 4.72 Å². The molecule has 1 atom stereocenters. The van der Waals surface area contributed by atoms with E-state index < -0.39 is 32.2 Å². The topological polar surface area (TPSA) is 75.6 Å². The van der Waals surface area contributed by atoms with Crippen molar-refractivity contribution in [3.8, 4) is 0 Å². The number of rotatable bonds is 4. The van der Waals surface area contributed by atoms with Crippen molar-refractivity contribution in [2.45, 2.75) is 16.9 Å². The molecular weight excluding hydrogens is 280 g/mol. The van der Waals surface area contributed by atoms with Crippen LogP contribution in [0.3, 0.4) is 0 Å². The second-order valence-corrected chi connectivity index (χ2v) is 6.11. The molecule has 2 rings (SSSR count). The van der Waals surface area contributed by atoms with Gasteiger partial charge in [-0.15, -0.1) is 0 Å². The van der Waals surface area contributed by atoms with Gasteiger partial charge in [-0.2, -0.15) is 0 Å². The van der Waals surface area contributed by atoms with Crippen LogP contribution in [0, 0.1) is 11.6 Å². The van der Waals surface area contributed by atoms with Gasteiger partial charge in [-0.05, 0) is 12.1 Å². The average Bonchev–Trinajstić information content (AvgIpc) is 2.74. The molecule has 0 unspecified atom stereocenters. The molecule has 1 heterocycles. The zero-order chi connectivity index (χ0) is 14.1. The Bertz CT molecular complexity index is 550. The summed E-state index contributed by atoms with van der Waals surface area (Å²) in [6.07, 6.45) is 0.259. The molecule has 0 aliphatic carbocycles. The van der Waals surface area contributed by atoms with Gasteiger partial charge in [-0.25, -0.2) is 21.9 Å². The second-order valence-electron chi connectivity index (χ2n) is 4.40. The van der Waals surface area contributed by atoms with Gasteiger partial charge in [0.1, 0.15) is 17.2 Å². The van der Waals surface area contributed by atoms with Crippen LogP contribution in [0.5, 0.6) is 0 Å². The fourth-order valence-electron chi connectivity index (χ4n) is 1.78. The quantitative estimate of drug-likeness (QED) is 0.842. The molecule has 106 valence electrons. The van der Waals surface area contributed by atoms with Crippen LogP contribution in [0.2, 0.25) is 0 Å². The summed E-state index contributed by atoms with van der Waals surface area (Å²) in [6.45, 7) is -0.0648. The first-order valence-electron chi connectivity index (χ1n) is 5.58. The van der Waals surface area contributed by atoms with Crippen LogP contribution in [0.25, 0.3) is 0 Å².